The molecule has 1 amide bonds. The number of amides is 1. The second-order valence-electron chi connectivity index (χ2n) is 6.09. The van der Waals surface area contributed by atoms with E-state index in [4.69, 9.17) is 5.26 Å². The Morgan fingerprint density at radius 3 is 2.74 bits per heavy atom. The number of aliphatic hydroxyl groups excluding tert-OH is 1. The number of likely N-dealkylation sites (tertiary alicyclic amines) is 1. The summed E-state index contributed by atoms with van der Waals surface area (Å²) in [6, 6.07) is 2.16. The first-order chi connectivity index (χ1) is 8.78. The number of nitriles is 1. The third-order valence-corrected chi connectivity index (χ3v) is 4.16. The Morgan fingerprint density at radius 1 is 1.63 bits per heavy atom. The Bertz CT molecular complexity index is 364. The number of nitrogens with one attached hydrogen (secondary N) is 1. The standard InChI is InChI=1S/C14H25N3O2/c1-10(2)14(4,9-15)16-13(19)8-17-6-5-11(3)12(18)7-17/h10-12,18H,5-8H2,1-4H3,(H,16,19). The van der Waals surface area contributed by atoms with E-state index in [2.05, 4.69) is 11.4 Å². The molecule has 5 heteroatoms. The van der Waals surface area contributed by atoms with E-state index in [1.54, 1.807) is 6.92 Å². The summed E-state index contributed by atoms with van der Waals surface area (Å²) < 4.78 is 0. The first-order valence-electron chi connectivity index (χ1n) is 6.91. The first-order valence-corrected chi connectivity index (χ1v) is 6.91. The summed E-state index contributed by atoms with van der Waals surface area (Å²) in [4.78, 5) is 13.9. The number of carbonyl (C=O) groups excluding carboxylic acids is 1. The Kier molecular flexibility index (Phi) is 5.33. The fourth-order valence-electron chi connectivity index (χ4n) is 2.09. The topological polar surface area (TPSA) is 76.4 Å². The molecule has 1 fully saturated rings. The second kappa shape index (κ2) is 6.36. The number of hydrogen-bond acceptors (Lipinski definition) is 4. The maximum Gasteiger partial charge on any atom is 0.235 e. The largest absolute Gasteiger partial charge is 0.392 e. The second-order valence-corrected chi connectivity index (χ2v) is 6.09. The van der Waals surface area contributed by atoms with Crippen molar-refractivity contribution in [1.29, 1.82) is 5.26 Å². The van der Waals surface area contributed by atoms with Gasteiger partial charge in [0.25, 0.3) is 0 Å². The highest BCUT2D eigenvalue weighted by Crippen LogP contribution is 2.18. The highest BCUT2D eigenvalue weighted by molar-refractivity contribution is 5.79. The highest BCUT2D eigenvalue weighted by atomic mass is 16.3. The summed E-state index contributed by atoms with van der Waals surface area (Å²) in [6.07, 6.45) is 0.530. The number of hydrogen-bond donors (Lipinski definition) is 2. The van der Waals surface area contributed by atoms with Crippen molar-refractivity contribution >= 4 is 5.91 Å². The van der Waals surface area contributed by atoms with E-state index in [1.807, 2.05) is 25.7 Å². The van der Waals surface area contributed by atoms with Gasteiger partial charge in [-0.15, -0.1) is 0 Å². The fourth-order valence-corrected chi connectivity index (χ4v) is 2.09. The van der Waals surface area contributed by atoms with Crippen molar-refractivity contribution in [2.75, 3.05) is 19.6 Å². The van der Waals surface area contributed by atoms with Gasteiger partial charge in [0, 0.05) is 6.54 Å². The van der Waals surface area contributed by atoms with Gasteiger partial charge >= 0.3 is 0 Å². The van der Waals surface area contributed by atoms with Crippen LogP contribution in [0.3, 0.4) is 0 Å². The minimum atomic E-state index is -0.835. The zero-order chi connectivity index (χ0) is 14.6. The maximum absolute atomic E-state index is 12.0. The molecule has 19 heavy (non-hydrogen) atoms. The van der Waals surface area contributed by atoms with Crippen LogP contribution in [0, 0.1) is 23.2 Å². The van der Waals surface area contributed by atoms with Gasteiger partial charge in [0.05, 0.1) is 18.7 Å². The summed E-state index contributed by atoms with van der Waals surface area (Å²) in [5.74, 6) is 0.187. The molecule has 0 aromatic rings. The van der Waals surface area contributed by atoms with Crippen LogP contribution < -0.4 is 5.32 Å². The first kappa shape index (κ1) is 15.9. The van der Waals surface area contributed by atoms with Gasteiger partial charge in [-0.3, -0.25) is 9.69 Å². The molecular weight excluding hydrogens is 242 g/mol. The molecular formula is C14H25N3O2. The number of carbonyl (C=O) groups is 1. The van der Waals surface area contributed by atoms with Gasteiger partial charge in [-0.2, -0.15) is 5.26 Å². The van der Waals surface area contributed by atoms with Gasteiger partial charge in [-0.05, 0) is 31.7 Å². The molecule has 1 aliphatic rings. The third kappa shape index (κ3) is 4.19. The lowest BCUT2D eigenvalue weighted by Gasteiger charge is -2.35. The minimum absolute atomic E-state index is 0.0495. The molecule has 0 saturated carbocycles. The molecule has 0 bridgehead atoms. The lowest BCUT2D eigenvalue weighted by molar-refractivity contribution is -0.124. The van der Waals surface area contributed by atoms with Crippen LogP contribution in [0.15, 0.2) is 0 Å². The summed E-state index contributed by atoms with van der Waals surface area (Å²) in [7, 11) is 0. The van der Waals surface area contributed by atoms with Crippen LogP contribution in [0.5, 0.6) is 0 Å². The summed E-state index contributed by atoms with van der Waals surface area (Å²) in [5, 5.41) is 21.8. The molecule has 5 nitrogen and oxygen atoms in total. The molecule has 1 saturated heterocycles. The lowest BCUT2D eigenvalue weighted by Crippen LogP contribution is -2.53. The molecule has 1 aliphatic heterocycles. The lowest BCUT2D eigenvalue weighted by atomic mass is 9.90. The van der Waals surface area contributed by atoms with Crippen LogP contribution in [0.4, 0.5) is 0 Å². The van der Waals surface area contributed by atoms with Crippen LogP contribution in [-0.4, -0.2) is 47.2 Å². The van der Waals surface area contributed by atoms with Crippen LogP contribution >= 0.6 is 0 Å². The predicted molar refractivity (Wildman–Crippen MR) is 73.2 cm³/mol. The Balaban J connectivity index is 2.50. The van der Waals surface area contributed by atoms with Crippen molar-refractivity contribution in [3.8, 4) is 6.07 Å². The third-order valence-electron chi connectivity index (χ3n) is 4.16. The number of piperidine rings is 1. The summed E-state index contributed by atoms with van der Waals surface area (Å²) >= 11 is 0. The fraction of sp³-hybridized carbons (Fsp3) is 0.857. The van der Waals surface area contributed by atoms with Crippen molar-refractivity contribution in [3.05, 3.63) is 0 Å². The van der Waals surface area contributed by atoms with Gasteiger partial charge in [0.1, 0.15) is 5.54 Å². The quantitative estimate of drug-likeness (QED) is 0.788. The van der Waals surface area contributed by atoms with Gasteiger partial charge in [0.2, 0.25) is 5.91 Å². The zero-order valence-electron chi connectivity index (χ0n) is 12.3. The molecule has 2 N–H and O–H groups in total. The van der Waals surface area contributed by atoms with Gasteiger partial charge in [0.15, 0.2) is 0 Å². The Morgan fingerprint density at radius 2 is 2.26 bits per heavy atom. The van der Waals surface area contributed by atoms with Crippen molar-refractivity contribution in [1.82, 2.24) is 10.2 Å². The summed E-state index contributed by atoms with van der Waals surface area (Å²) in [5.41, 5.74) is -0.835. The molecule has 0 aromatic carbocycles. The normalized spacial score (nSPS) is 27.6. The number of aliphatic hydroxyl groups is 1. The minimum Gasteiger partial charge on any atom is -0.392 e. The van der Waals surface area contributed by atoms with Crippen LogP contribution in [0.25, 0.3) is 0 Å². The molecule has 1 rings (SSSR count). The van der Waals surface area contributed by atoms with Crippen LogP contribution in [0.1, 0.15) is 34.1 Å². The van der Waals surface area contributed by atoms with E-state index in [1.165, 1.54) is 0 Å². The Labute approximate surface area is 115 Å². The molecule has 0 aromatic heterocycles. The van der Waals surface area contributed by atoms with Crippen LogP contribution in [0.2, 0.25) is 0 Å². The van der Waals surface area contributed by atoms with E-state index < -0.39 is 5.54 Å². The van der Waals surface area contributed by atoms with E-state index in [-0.39, 0.29) is 24.5 Å². The number of β-amino-alcohol motifs (C(OH)–C–C–N with tert-alkyl or cyclic N) is 1. The van der Waals surface area contributed by atoms with E-state index >= 15 is 0 Å². The Hall–Kier alpha value is -1.12. The highest BCUT2D eigenvalue weighted by Gasteiger charge is 2.31. The van der Waals surface area contributed by atoms with Crippen molar-refractivity contribution in [3.63, 3.8) is 0 Å². The van der Waals surface area contributed by atoms with E-state index in [9.17, 15) is 9.90 Å². The van der Waals surface area contributed by atoms with Crippen LogP contribution in [-0.2, 0) is 4.79 Å². The molecule has 0 spiro atoms. The summed E-state index contributed by atoms with van der Waals surface area (Å²) in [6.45, 7) is 9.17. The molecule has 0 aliphatic carbocycles. The molecule has 108 valence electrons. The van der Waals surface area contributed by atoms with Crippen molar-refractivity contribution in [2.45, 2.75) is 45.8 Å². The monoisotopic (exact) mass is 267 g/mol. The average molecular weight is 267 g/mol. The molecule has 0 radical (unpaired) electrons. The smallest absolute Gasteiger partial charge is 0.235 e. The van der Waals surface area contributed by atoms with Gasteiger partial charge in [-0.1, -0.05) is 20.8 Å². The van der Waals surface area contributed by atoms with Crippen molar-refractivity contribution < 1.29 is 9.90 Å². The van der Waals surface area contributed by atoms with E-state index in [0.717, 1.165) is 13.0 Å². The molecule has 3 atom stereocenters. The number of rotatable bonds is 4. The van der Waals surface area contributed by atoms with Gasteiger partial charge < -0.3 is 10.4 Å². The van der Waals surface area contributed by atoms with Crippen molar-refractivity contribution in [2.24, 2.45) is 11.8 Å². The molecule has 1 heterocycles. The average Bonchev–Trinajstić information content (AvgIpc) is 2.33. The van der Waals surface area contributed by atoms with Gasteiger partial charge in [-0.25, -0.2) is 0 Å². The molecule has 3 unspecified atom stereocenters. The zero-order valence-corrected chi connectivity index (χ0v) is 12.3. The number of nitrogens with zero attached hydrogens (tertiary/aromatic N) is 2. The SMILES string of the molecule is CC1CCN(CC(=O)NC(C)(C#N)C(C)C)CC1O. The predicted octanol–water partition coefficient (Wildman–Crippen LogP) is 0.744. The van der Waals surface area contributed by atoms with E-state index in [0.29, 0.717) is 12.5 Å². The maximum atomic E-state index is 12.0.